The first-order valence-corrected chi connectivity index (χ1v) is 25.9. The summed E-state index contributed by atoms with van der Waals surface area (Å²) in [5.74, 6) is 1.82. The van der Waals surface area contributed by atoms with Crippen LogP contribution in [0.5, 0.6) is 11.5 Å². The van der Waals surface area contributed by atoms with E-state index in [1.54, 1.807) is 27.8 Å². The van der Waals surface area contributed by atoms with E-state index in [4.69, 9.17) is 60.9 Å². The fourth-order valence-electron chi connectivity index (χ4n) is 5.44. The maximum absolute atomic E-state index is 12.1. The summed E-state index contributed by atoms with van der Waals surface area (Å²) in [7, 11) is 1.64. The molecule has 402 valence electrons. The Bertz CT molecular complexity index is 2010. The molecule has 0 aliphatic rings. The highest BCUT2D eigenvalue weighted by atomic mass is 32.2. The third-order valence-electron chi connectivity index (χ3n) is 8.99. The Morgan fingerprint density at radius 1 is 0.569 bits per heavy atom. The molecule has 0 fully saturated rings. The zero-order valence-electron chi connectivity index (χ0n) is 42.3. The van der Waals surface area contributed by atoms with Crippen LogP contribution in [0.3, 0.4) is 0 Å². The minimum Gasteiger partial charge on any atom is -0.491 e. The third kappa shape index (κ3) is 29.1. The molecule has 2 N–H and O–H groups in total. The summed E-state index contributed by atoms with van der Waals surface area (Å²) in [6.45, 7) is 13.5. The van der Waals surface area contributed by atoms with Gasteiger partial charge in [0.25, 0.3) is 10.4 Å². The third-order valence-corrected chi connectivity index (χ3v) is 10.0. The monoisotopic (exact) mass is 1050 g/mol. The van der Waals surface area contributed by atoms with Gasteiger partial charge in [0.1, 0.15) is 42.6 Å². The van der Waals surface area contributed by atoms with Gasteiger partial charge in [0.05, 0.1) is 106 Å². The molecule has 0 bridgehead atoms. The number of hydrogen-bond donors (Lipinski definition) is 2. The molecule has 2 aromatic heterocycles. The molecule has 4 rings (SSSR count). The van der Waals surface area contributed by atoms with Crippen LogP contribution >= 0.6 is 23.5 Å². The summed E-state index contributed by atoms with van der Waals surface area (Å²) < 4.78 is 70.9. The number of aromatic nitrogens is 4. The number of nitrogens with zero attached hydrogens (tertiary/aromatic N) is 4. The van der Waals surface area contributed by atoms with Crippen LogP contribution < -0.4 is 20.1 Å². The largest absolute Gasteiger partial charge is 0.491 e. The van der Waals surface area contributed by atoms with Gasteiger partial charge in [-0.05, 0) is 88.9 Å². The van der Waals surface area contributed by atoms with Crippen LogP contribution in [0.2, 0.25) is 0 Å². The predicted molar refractivity (Wildman–Crippen MR) is 268 cm³/mol. The summed E-state index contributed by atoms with van der Waals surface area (Å²) in [6.07, 6.45) is 5.20. The van der Waals surface area contributed by atoms with Gasteiger partial charge in [-0.3, -0.25) is 9.59 Å². The van der Waals surface area contributed by atoms with Crippen molar-refractivity contribution in [2.75, 3.05) is 145 Å². The number of carbonyl (C=O) groups is 3. The van der Waals surface area contributed by atoms with Crippen LogP contribution in [0.15, 0.2) is 67.8 Å². The van der Waals surface area contributed by atoms with E-state index in [-0.39, 0.29) is 25.5 Å². The highest BCUT2D eigenvalue weighted by Gasteiger charge is 2.24. The number of amides is 1. The predicted octanol–water partition coefficient (Wildman–Crippen LogP) is 4.83. The van der Waals surface area contributed by atoms with Gasteiger partial charge in [-0.15, -0.1) is 20.4 Å². The Kier molecular flexibility index (Phi) is 33.2. The summed E-state index contributed by atoms with van der Waals surface area (Å²) in [5.41, 5.74) is 1.09. The molecular weight excluding hydrogens is 981 g/mol. The smallest absolute Gasteiger partial charge is 0.325 e. The van der Waals surface area contributed by atoms with Crippen LogP contribution in [0.4, 0.5) is 0 Å². The van der Waals surface area contributed by atoms with Gasteiger partial charge in [0.15, 0.2) is 0 Å². The first kappa shape index (κ1) is 61.6. The molecule has 0 aliphatic carbocycles. The minimum atomic E-state index is -0.612. The molecule has 0 spiro atoms. The number of thioether (sulfide) groups is 2. The van der Waals surface area contributed by atoms with Gasteiger partial charge in [-0.1, -0.05) is 23.5 Å². The first-order valence-electron chi connectivity index (χ1n) is 23.5. The Balaban J connectivity index is 0.000000402. The molecule has 22 nitrogen and oxygen atoms in total. The lowest BCUT2D eigenvalue weighted by Gasteiger charge is -2.23. The molecule has 0 saturated heterocycles. The van der Waals surface area contributed by atoms with Gasteiger partial charge in [0.2, 0.25) is 17.7 Å². The molecule has 0 aliphatic heterocycles. The number of hydrogen-bond acceptors (Lipinski definition) is 23. The Hall–Kier alpha value is -4.73. The molecule has 1 atom stereocenters. The molecule has 0 radical (unpaired) electrons. The molecule has 0 saturated carbocycles. The van der Waals surface area contributed by atoms with Crippen LogP contribution in [0, 0.1) is 0 Å². The van der Waals surface area contributed by atoms with Crippen molar-refractivity contribution < 1.29 is 75.3 Å². The van der Waals surface area contributed by atoms with E-state index in [0.29, 0.717) is 141 Å². The van der Waals surface area contributed by atoms with Crippen molar-refractivity contribution in [1.82, 2.24) is 31.0 Å². The SMILES string of the molecule is CNC(CNC(=O)CCOCCOCCOCCOCCOc1ccc(-c2nnc(SC)o2)cc1)C(=O)OC(C)(C)C.CSc1nnc(-c2ccc(OCCOCCOCCOCCOCCC=O)cc2)o1. The van der Waals surface area contributed by atoms with Crippen molar-refractivity contribution >= 4 is 41.7 Å². The lowest BCUT2D eigenvalue weighted by molar-refractivity contribution is -0.157. The summed E-state index contributed by atoms with van der Waals surface area (Å²) >= 11 is 2.81. The highest BCUT2D eigenvalue weighted by molar-refractivity contribution is 7.98. The summed E-state index contributed by atoms with van der Waals surface area (Å²) in [6, 6.07) is 14.3. The van der Waals surface area contributed by atoms with E-state index in [1.807, 2.05) is 61.0 Å². The van der Waals surface area contributed by atoms with Gasteiger partial charge in [-0.2, -0.15) is 0 Å². The van der Waals surface area contributed by atoms with Crippen molar-refractivity contribution in [3.63, 3.8) is 0 Å². The van der Waals surface area contributed by atoms with Crippen molar-refractivity contribution in [3.05, 3.63) is 48.5 Å². The van der Waals surface area contributed by atoms with Gasteiger partial charge in [0, 0.05) is 30.5 Å². The quantitative estimate of drug-likeness (QED) is 0.0262. The second kappa shape index (κ2) is 38.8. The van der Waals surface area contributed by atoms with E-state index in [1.165, 1.54) is 23.5 Å². The average Bonchev–Trinajstić information content (AvgIpc) is 4.08. The van der Waals surface area contributed by atoms with Crippen molar-refractivity contribution in [1.29, 1.82) is 0 Å². The molecule has 2 heterocycles. The highest BCUT2D eigenvalue weighted by Crippen LogP contribution is 2.25. The van der Waals surface area contributed by atoms with Crippen molar-refractivity contribution in [2.45, 2.75) is 55.7 Å². The lowest BCUT2D eigenvalue weighted by atomic mass is 10.2. The Labute approximate surface area is 430 Å². The number of esters is 1. The second-order valence-electron chi connectivity index (χ2n) is 15.7. The maximum Gasteiger partial charge on any atom is 0.325 e. The van der Waals surface area contributed by atoms with Crippen LogP contribution in [0.25, 0.3) is 22.9 Å². The van der Waals surface area contributed by atoms with Gasteiger partial charge >= 0.3 is 5.97 Å². The average molecular weight is 1050 g/mol. The zero-order valence-corrected chi connectivity index (χ0v) is 43.9. The van der Waals surface area contributed by atoms with E-state index >= 15 is 0 Å². The fraction of sp³-hybridized carbons (Fsp3) is 0.604. The topological polar surface area (TPSA) is 255 Å². The molecular formula is C48H72N6O16S2. The maximum atomic E-state index is 12.1. The normalized spacial score (nSPS) is 11.7. The number of carbonyl (C=O) groups excluding carboxylic acids is 3. The zero-order chi connectivity index (χ0) is 51.9. The van der Waals surface area contributed by atoms with Gasteiger partial charge < -0.3 is 76.4 Å². The van der Waals surface area contributed by atoms with Crippen molar-refractivity contribution in [2.24, 2.45) is 0 Å². The number of rotatable bonds is 40. The Morgan fingerprint density at radius 2 is 0.944 bits per heavy atom. The van der Waals surface area contributed by atoms with E-state index in [2.05, 4.69) is 31.0 Å². The summed E-state index contributed by atoms with van der Waals surface area (Å²) in [4.78, 5) is 34.2. The Morgan fingerprint density at radius 3 is 1.29 bits per heavy atom. The number of likely N-dealkylation sites (N-methyl/N-ethyl adjacent to an activating group) is 1. The molecule has 24 heteroatoms. The molecule has 72 heavy (non-hydrogen) atoms. The minimum absolute atomic E-state index is 0.143. The van der Waals surface area contributed by atoms with E-state index in [0.717, 1.165) is 28.9 Å². The molecule has 1 amide bonds. The van der Waals surface area contributed by atoms with Crippen LogP contribution in [0.1, 0.15) is 33.6 Å². The first-order chi connectivity index (χ1) is 35.0. The van der Waals surface area contributed by atoms with E-state index in [9.17, 15) is 14.4 Å². The summed E-state index contributed by atoms with van der Waals surface area (Å²) in [5, 5.41) is 22.5. The van der Waals surface area contributed by atoms with E-state index < -0.39 is 17.6 Å². The fourth-order valence-corrected chi connectivity index (χ4v) is 6.01. The number of nitrogens with one attached hydrogen (secondary N) is 2. The number of aldehydes is 1. The van der Waals surface area contributed by atoms with Gasteiger partial charge in [-0.25, -0.2) is 0 Å². The van der Waals surface area contributed by atoms with Crippen LogP contribution in [-0.2, 0) is 57.0 Å². The lowest BCUT2D eigenvalue weighted by Crippen LogP contribution is -2.47. The number of benzene rings is 2. The number of ether oxygens (including phenoxy) is 11. The standard InChI is InChI=1S/C28H44N4O9S.C20H28N2O7S/c1-28(2,3)41-26(34)23(29-4)20-30-24(33)10-11-35-12-13-36-14-15-37-16-17-38-18-19-39-22-8-6-21(7-9-22)25-31-32-27(40-25)42-5;1-30-20-22-21-19(29-20)17-3-5-18(6-4-17)28-16-15-27-14-13-26-12-11-25-10-9-24-8-2-7-23/h6-9,23,29H,10-20H2,1-5H3,(H,30,33);3-7H,2,8-16H2,1H3. The molecule has 2 aromatic carbocycles. The van der Waals surface area contributed by atoms with Crippen molar-refractivity contribution in [3.8, 4) is 34.4 Å². The second-order valence-corrected chi connectivity index (χ2v) is 17.2. The molecule has 4 aromatic rings. The molecule has 1 unspecified atom stereocenters. The van der Waals surface area contributed by atoms with Crippen LogP contribution in [-0.4, -0.2) is 195 Å².